The maximum atomic E-state index is 5.74. The van der Waals surface area contributed by atoms with Crippen molar-refractivity contribution >= 4 is 29.9 Å². The molecule has 1 aromatic rings. The fraction of sp³-hybridized carbons (Fsp3) is 0.667. The zero-order chi connectivity index (χ0) is 18.2. The molecule has 3 rings (SSSR count). The number of benzene rings is 1. The van der Waals surface area contributed by atoms with Gasteiger partial charge in [-0.25, -0.2) is 4.99 Å². The summed E-state index contributed by atoms with van der Waals surface area (Å²) < 4.78 is 11.4. The van der Waals surface area contributed by atoms with Gasteiger partial charge in [0.05, 0.1) is 19.8 Å². The van der Waals surface area contributed by atoms with E-state index in [4.69, 9.17) is 14.5 Å². The summed E-state index contributed by atoms with van der Waals surface area (Å²) in [6, 6.07) is 8.47. The summed E-state index contributed by atoms with van der Waals surface area (Å²) in [5.74, 6) is 1.03. The Balaban J connectivity index is 0.00000261. The van der Waals surface area contributed by atoms with Crippen molar-refractivity contribution in [2.45, 2.75) is 46.3 Å². The molecule has 1 N–H and O–H groups in total. The SMILES string of the molecule is CCCOCc1ccccc1CN=C(NCC)N1CCC2(CCOC2)C1.I. The second-order valence-corrected chi connectivity index (χ2v) is 7.47. The Kier molecular flexibility index (Phi) is 9.32. The highest BCUT2D eigenvalue weighted by Crippen LogP contribution is 2.38. The Labute approximate surface area is 180 Å². The molecule has 0 radical (unpaired) electrons. The van der Waals surface area contributed by atoms with E-state index in [9.17, 15) is 0 Å². The van der Waals surface area contributed by atoms with Gasteiger partial charge in [0.2, 0.25) is 0 Å². The number of hydrogen-bond donors (Lipinski definition) is 1. The van der Waals surface area contributed by atoms with Gasteiger partial charge in [-0.05, 0) is 37.3 Å². The number of rotatable bonds is 7. The van der Waals surface area contributed by atoms with Crippen LogP contribution in [-0.4, -0.2) is 50.3 Å². The van der Waals surface area contributed by atoms with Crippen LogP contribution in [-0.2, 0) is 22.6 Å². The van der Waals surface area contributed by atoms with Gasteiger partial charge >= 0.3 is 0 Å². The molecule has 2 saturated heterocycles. The number of aliphatic imine (C=N–C) groups is 1. The molecule has 0 aromatic heterocycles. The van der Waals surface area contributed by atoms with Gasteiger partial charge in [-0.3, -0.25) is 0 Å². The third-order valence-corrected chi connectivity index (χ3v) is 5.38. The largest absolute Gasteiger partial charge is 0.381 e. The van der Waals surface area contributed by atoms with Crippen LogP contribution in [0.25, 0.3) is 0 Å². The second-order valence-electron chi connectivity index (χ2n) is 7.47. The highest BCUT2D eigenvalue weighted by atomic mass is 127. The summed E-state index contributed by atoms with van der Waals surface area (Å²) in [6.07, 6.45) is 3.44. The van der Waals surface area contributed by atoms with Gasteiger partial charge in [0.25, 0.3) is 0 Å². The minimum atomic E-state index is 0. The number of guanidine groups is 1. The third kappa shape index (κ3) is 6.06. The van der Waals surface area contributed by atoms with E-state index in [2.05, 4.69) is 48.3 Å². The lowest BCUT2D eigenvalue weighted by atomic mass is 9.87. The highest BCUT2D eigenvalue weighted by molar-refractivity contribution is 14.0. The van der Waals surface area contributed by atoms with E-state index >= 15 is 0 Å². The van der Waals surface area contributed by atoms with Crippen molar-refractivity contribution in [1.29, 1.82) is 0 Å². The van der Waals surface area contributed by atoms with Crippen molar-refractivity contribution in [3.63, 3.8) is 0 Å². The molecule has 0 amide bonds. The molecular formula is C21H34IN3O2. The number of likely N-dealkylation sites (tertiary alicyclic amines) is 1. The Hall–Kier alpha value is -0.860. The summed E-state index contributed by atoms with van der Waals surface area (Å²) in [5, 5.41) is 3.48. The maximum Gasteiger partial charge on any atom is 0.194 e. The van der Waals surface area contributed by atoms with Gasteiger partial charge in [-0.2, -0.15) is 0 Å². The topological polar surface area (TPSA) is 46.1 Å². The number of nitrogens with one attached hydrogen (secondary N) is 1. The van der Waals surface area contributed by atoms with Crippen LogP contribution in [0, 0.1) is 5.41 Å². The first-order valence-corrected chi connectivity index (χ1v) is 10.0. The van der Waals surface area contributed by atoms with Gasteiger partial charge in [-0.1, -0.05) is 31.2 Å². The highest BCUT2D eigenvalue weighted by Gasteiger charge is 2.42. The molecule has 0 saturated carbocycles. The summed E-state index contributed by atoms with van der Waals surface area (Å²) in [4.78, 5) is 7.36. The van der Waals surface area contributed by atoms with Crippen LogP contribution in [0.5, 0.6) is 0 Å². The Morgan fingerprint density at radius 3 is 2.78 bits per heavy atom. The maximum absolute atomic E-state index is 5.74. The van der Waals surface area contributed by atoms with Crippen LogP contribution in [0.3, 0.4) is 0 Å². The molecule has 0 aliphatic carbocycles. The van der Waals surface area contributed by atoms with E-state index in [1.165, 1.54) is 24.0 Å². The predicted octanol–water partition coefficient (Wildman–Crippen LogP) is 3.81. The minimum absolute atomic E-state index is 0. The first-order valence-electron chi connectivity index (χ1n) is 10.0. The van der Waals surface area contributed by atoms with Crippen molar-refractivity contribution < 1.29 is 9.47 Å². The molecule has 27 heavy (non-hydrogen) atoms. The van der Waals surface area contributed by atoms with Crippen LogP contribution in [0.15, 0.2) is 29.3 Å². The fourth-order valence-corrected chi connectivity index (χ4v) is 3.85. The summed E-state index contributed by atoms with van der Waals surface area (Å²) in [6.45, 7) is 11.2. The van der Waals surface area contributed by atoms with E-state index in [1.807, 2.05) is 0 Å². The lowest BCUT2D eigenvalue weighted by molar-refractivity contribution is 0.121. The van der Waals surface area contributed by atoms with Crippen molar-refractivity contribution in [2.75, 3.05) is 39.5 Å². The van der Waals surface area contributed by atoms with Crippen molar-refractivity contribution in [3.05, 3.63) is 35.4 Å². The summed E-state index contributed by atoms with van der Waals surface area (Å²) >= 11 is 0. The van der Waals surface area contributed by atoms with Crippen molar-refractivity contribution in [1.82, 2.24) is 10.2 Å². The molecule has 0 bridgehead atoms. The minimum Gasteiger partial charge on any atom is -0.381 e. The van der Waals surface area contributed by atoms with Crippen LogP contribution in [0.4, 0.5) is 0 Å². The first kappa shape index (κ1) is 22.4. The number of halogens is 1. The molecule has 2 heterocycles. The first-order chi connectivity index (χ1) is 12.8. The Bertz CT molecular complexity index is 603. The third-order valence-electron chi connectivity index (χ3n) is 5.38. The lowest BCUT2D eigenvalue weighted by Gasteiger charge is -2.25. The monoisotopic (exact) mass is 487 g/mol. The molecule has 2 aliphatic rings. The van der Waals surface area contributed by atoms with Crippen molar-refractivity contribution in [2.24, 2.45) is 10.4 Å². The second kappa shape index (κ2) is 11.2. The van der Waals surface area contributed by atoms with E-state index in [1.54, 1.807) is 0 Å². The quantitative estimate of drug-likeness (QED) is 0.275. The molecule has 2 fully saturated rings. The average molecular weight is 487 g/mol. The van der Waals surface area contributed by atoms with Crippen molar-refractivity contribution in [3.8, 4) is 0 Å². The molecule has 152 valence electrons. The van der Waals surface area contributed by atoms with Crippen LogP contribution >= 0.6 is 24.0 Å². The molecule has 1 atom stereocenters. The molecular weight excluding hydrogens is 453 g/mol. The molecule has 5 nitrogen and oxygen atoms in total. The lowest BCUT2D eigenvalue weighted by Crippen LogP contribution is -2.41. The van der Waals surface area contributed by atoms with Crippen LogP contribution < -0.4 is 5.32 Å². The average Bonchev–Trinajstić information content (AvgIpc) is 3.30. The van der Waals surface area contributed by atoms with Gasteiger partial charge in [0.1, 0.15) is 0 Å². The fourth-order valence-electron chi connectivity index (χ4n) is 3.85. The standard InChI is InChI=1S/C21H33N3O2.HI/c1-3-12-25-15-19-8-6-5-7-18(19)14-23-20(22-4-2)24-11-9-21(16-24)10-13-26-17-21;/h5-8H,3-4,9-17H2,1-2H3,(H,22,23);1H. The van der Waals surface area contributed by atoms with Gasteiger partial charge in [0, 0.05) is 38.3 Å². The normalized spacial score (nSPS) is 22.3. The molecule has 2 aliphatic heterocycles. The van der Waals surface area contributed by atoms with E-state index in [-0.39, 0.29) is 24.0 Å². The Morgan fingerprint density at radius 2 is 2.07 bits per heavy atom. The zero-order valence-electron chi connectivity index (χ0n) is 16.7. The zero-order valence-corrected chi connectivity index (χ0v) is 19.0. The van der Waals surface area contributed by atoms with E-state index in [0.29, 0.717) is 18.6 Å². The van der Waals surface area contributed by atoms with E-state index < -0.39 is 0 Å². The number of ether oxygens (including phenoxy) is 2. The van der Waals surface area contributed by atoms with Crippen LogP contribution in [0.1, 0.15) is 44.2 Å². The smallest absolute Gasteiger partial charge is 0.194 e. The molecule has 1 spiro atoms. The number of hydrogen-bond acceptors (Lipinski definition) is 3. The predicted molar refractivity (Wildman–Crippen MR) is 121 cm³/mol. The van der Waals surface area contributed by atoms with E-state index in [0.717, 1.165) is 51.8 Å². The summed E-state index contributed by atoms with van der Waals surface area (Å²) in [7, 11) is 0. The van der Waals surface area contributed by atoms with Crippen LogP contribution in [0.2, 0.25) is 0 Å². The molecule has 1 aromatic carbocycles. The molecule has 6 heteroatoms. The van der Waals surface area contributed by atoms with Gasteiger partial charge in [0.15, 0.2) is 5.96 Å². The Morgan fingerprint density at radius 1 is 1.26 bits per heavy atom. The molecule has 1 unspecified atom stereocenters. The summed E-state index contributed by atoms with van der Waals surface area (Å²) in [5.41, 5.74) is 2.84. The van der Waals surface area contributed by atoms with Gasteiger partial charge < -0.3 is 19.7 Å². The van der Waals surface area contributed by atoms with Gasteiger partial charge in [-0.15, -0.1) is 24.0 Å². The number of nitrogens with zero attached hydrogens (tertiary/aromatic N) is 2.